The van der Waals surface area contributed by atoms with Crippen LogP contribution in [0.1, 0.15) is 11.1 Å². The maximum Gasteiger partial charge on any atom is 0.416 e. The van der Waals surface area contributed by atoms with E-state index in [0.717, 1.165) is 12.1 Å². The highest BCUT2D eigenvalue weighted by Crippen LogP contribution is 2.29. The lowest BCUT2D eigenvalue weighted by atomic mass is 10.1. The molecule has 4 heteroatoms. The molecule has 0 heterocycles. The second kappa shape index (κ2) is 4.77. The number of carbonyl (C=O) groups excluding carboxylic acids is 1. The summed E-state index contributed by atoms with van der Waals surface area (Å²) >= 11 is 0. The predicted molar refractivity (Wildman–Crippen MR) is 50.4 cm³/mol. The van der Waals surface area contributed by atoms with Crippen molar-refractivity contribution in [1.29, 1.82) is 0 Å². The van der Waals surface area contributed by atoms with Gasteiger partial charge >= 0.3 is 6.18 Å². The lowest BCUT2D eigenvalue weighted by Gasteiger charge is -2.07. The molecule has 0 saturated heterocycles. The SMILES string of the molecule is O=C/C=C/Cc1cccc(C(F)(F)F)c1. The molecule has 0 amide bonds. The Morgan fingerprint density at radius 2 is 2.00 bits per heavy atom. The molecule has 80 valence electrons. The molecule has 0 radical (unpaired) electrons. The normalized spacial score (nSPS) is 11.9. The molecule has 15 heavy (non-hydrogen) atoms. The van der Waals surface area contributed by atoms with E-state index in [4.69, 9.17) is 0 Å². The van der Waals surface area contributed by atoms with E-state index in [2.05, 4.69) is 0 Å². The van der Waals surface area contributed by atoms with E-state index in [1.54, 1.807) is 6.07 Å². The zero-order valence-corrected chi connectivity index (χ0v) is 7.79. The fourth-order valence-corrected chi connectivity index (χ4v) is 1.13. The van der Waals surface area contributed by atoms with Gasteiger partial charge in [-0.2, -0.15) is 13.2 Å². The van der Waals surface area contributed by atoms with E-state index >= 15 is 0 Å². The third kappa shape index (κ3) is 3.58. The Bertz CT molecular complexity index is 366. The topological polar surface area (TPSA) is 17.1 Å². The van der Waals surface area contributed by atoms with Gasteiger partial charge in [-0.3, -0.25) is 4.79 Å². The van der Waals surface area contributed by atoms with Crippen molar-refractivity contribution in [3.05, 3.63) is 47.5 Å². The first-order chi connectivity index (χ1) is 7.04. The monoisotopic (exact) mass is 214 g/mol. The minimum atomic E-state index is -4.32. The Hall–Kier alpha value is -1.58. The summed E-state index contributed by atoms with van der Waals surface area (Å²) in [5, 5.41) is 0. The summed E-state index contributed by atoms with van der Waals surface area (Å²) in [5.74, 6) is 0. The number of alkyl halides is 3. The van der Waals surface area contributed by atoms with E-state index in [1.165, 1.54) is 18.2 Å². The zero-order valence-electron chi connectivity index (χ0n) is 7.79. The number of allylic oxidation sites excluding steroid dienone is 2. The molecule has 0 atom stereocenters. The predicted octanol–water partition coefficient (Wildman–Crippen LogP) is 3.00. The van der Waals surface area contributed by atoms with Crippen molar-refractivity contribution >= 4 is 6.29 Å². The number of hydrogen-bond donors (Lipinski definition) is 0. The van der Waals surface area contributed by atoms with Crippen LogP contribution in [0.25, 0.3) is 0 Å². The van der Waals surface area contributed by atoms with Crippen LogP contribution in [0.15, 0.2) is 36.4 Å². The van der Waals surface area contributed by atoms with Crippen molar-refractivity contribution in [2.24, 2.45) is 0 Å². The first-order valence-electron chi connectivity index (χ1n) is 4.30. The van der Waals surface area contributed by atoms with Crippen LogP contribution in [0.5, 0.6) is 0 Å². The average molecular weight is 214 g/mol. The van der Waals surface area contributed by atoms with Crippen LogP contribution in [0.2, 0.25) is 0 Å². The van der Waals surface area contributed by atoms with Crippen LogP contribution in [0, 0.1) is 0 Å². The summed E-state index contributed by atoms with van der Waals surface area (Å²) in [5.41, 5.74) is -0.137. The molecular weight excluding hydrogens is 205 g/mol. The van der Waals surface area contributed by atoms with E-state index < -0.39 is 11.7 Å². The van der Waals surface area contributed by atoms with Gasteiger partial charge in [-0.05, 0) is 24.1 Å². The second-order valence-electron chi connectivity index (χ2n) is 2.97. The van der Waals surface area contributed by atoms with E-state index in [1.807, 2.05) is 0 Å². The fourth-order valence-electron chi connectivity index (χ4n) is 1.13. The van der Waals surface area contributed by atoms with Gasteiger partial charge in [0.05, 0.1) is 5.56 Å². The molecule has 1 aromatic carbocycles. The highest BCUT2D eigenvalue weighted by Gasteiger charge is 2.30. The molecule has 0 unspecified atom stereocenters. The zero-order chi connectivity index (χ0) is 11.3. The van der Waals surface area contributed by atoms with Gasteiger partial charge in [0.1, 0.15) is 6.29 Å². The van der Waals surface area contributed by atoms with E-state index in [0.29, 0.717) is 18.3 Å². The standard InChI is InChI=1S/C11H9F3O/c12-11(13,14)10-6-3-5-9(8-10)4-1-2-7-15/h1-3,5-8H,4H2/b2-1+. The van der Waals surface area contributed by atoms with Gasteiger partial charge in [-0.15, -0.1) is 0 Å². The summed E-state index contributed by atoms with van der Waals surface area (Å²) in [6.07, 6.45) is -0.622. The van der Waals surface area contributed by atoms with E-state index in [-0.39, 0.29) is 0 Å². The molecule has 0 fully saturated rings. The highest BCUT2D eigenvalue weighted by atomic mass is 19.4. The molecule has 0 aliphatic rings. The Kier molecular flexibility index (Phi) is 3.66. The molecule has 0 aliphatic carbocycles. The van der Waals surface area contributed by atoms with Crippen molar-refractivity contribution in [2.45, 2.75) is 12.6 Å². The Morgan fingerprint density at radius 3 is 2.60 bits per heavy atom. The van der Waals surface area contributed by atoms with Gasteiger partial charge in [0.15, 0.2) is 0 Å². The lowest BCUT2D eigenvalue weighted by Crippen LogP contribution is -2.04. The number of hydrogen-bond acceptors (Lipinski definition) is 1. The van der Waals surface area contributed by atoms with Crippen LogP contribution in [-0.4, -0.2) is 6.29 Å². The van der Waals surface area contributed by atoms with Gasteiger partial charge in [0.25, 0.3) is 0 Å². The molecule has 1 nitrogen and oxygen atoms in total. The summed E-state index contributed by atoms with van der Waals surface area (Å²) in [6.45, 7) is 0. The van der Waals surface area contributed by atoms with Crippen molar-refractivity contribution in [3.63, 3.8) is 0 Å². The smallest absolute Gasteiger partial charge is 0.299 e. The molecule has 1 rings (SSSR count). The average Bonchev–Trinajstić information content (AvgIpc) is 2.17. The fraction of sp³-hybridized carbons (Fsp3) is 0.182. The van der Waals surface area contributed by atoms with Crippen LogP contribution in [0.3, 0.4) is 0 Å². The Labute approximate surface area is 85.2 Å². The van der Waals surface area contributed by atoms with Crippen LogP contribution in [0.4, 0.5) is 13.2 Å². The van der Waals surface area contributed by atoms with Gasteiger partial charge in [-0.25, -0.2) is 0 Å². The quantitative estimate of drug-likeness (QED) is 0.558. The summed E-state index contributed by atoms with van der Waals surface area (Å²) in [4.78, 5) is 9.95. The Morgan fingerprint density at radius 1 is 1.27 bits per heavy atom. The molecular formula is C11H9F3O. The number of rotatable bonds is 3. The van der Waals surface area contributed by atoms with Crippen LogP contribution >= 0.6 is 0 Å². The number of halogens is 3. The number of aldehydes is 1. The molecule has 0 N–H and O–H groups in total. The molecule has 0 spiro atoms. The number of carbonyl (C=O) groups is 1. The lowest BCUT2D eigenvalue weighted by molar-refractivity contribution is -0.137. The van der Waals surface area contributed by atoms with Gasteiger partial charge in [-0.1, -0.05) is 24.3 Å². The minimum absolute atomic E-state index is 0.322. The molecule has 0 bridgehead atoms. The third-order valence-electron chi connectivity index (χ3n) is 1.82. The van der Waals surface area contributed by atoms with Crippen LogP contribution < -0.4 is 0 Å². The van der Waals surface area contributed by atoms with Crippen molar-refractivity contribution in [2.75, 3.05) is 0 Å². The molecule has 0 saturated carbocycles. The number of benzene rings is 1. The maximum atomic E-state index is 12.3. The summed E-state index contributed by atoms with van der Waals surface area (Å²) < 4.78 is 36.8. The Balaban J connectivity index is 2.83. The first-order valence-corrected chi connectivity index (χ1v) is 4.30. The van der Waals surface area contributed by atoms with Crippen molar-refractivity contribution in [3.8, 4) is 0 Å². The van der Waals surface area contributed by atoms with Gasteiger partial charge in [0, 0.05) is 0 Å². The first kappa shape index (κ1) is 11.5. The van der Waals surface area contributed by atoms with Crippen molar-refractivity contribution < 1.29 is 18.0 Å². The molecule has 1 aromatic rings. The van der Waals surface area contributed by atoms with Gasteiger partial charge in [0.2, 0.25) is 0 Å². The minimum Gasteiger partial charge on any atom is -0.299 e. The molecule has 0 aromatic heterocycles. The largest absolute Gasteiger partial charge is 0.416 e. The highest BCUT2D eigenvalue weighted by molar-refractivity contribution is 5.64. The third-order valence-corrected chi connectivity index (χ3v) is 1.82. The summed E-state index contributed by atoms with van der Waals surface area (Å²) in [7, 11) is 0. The van der Waals surface area contributed by atoms with E-state index in [9.17, 15) is 18.0 Å². The van der Waals surface area contributed by atoms with Gasteiger partial charge < -0.3 is 0 Å². The maximum absolute atomic E-state index is 12.3. The van der Waals surface area contributed by atoms with Crippen LogP contribution in [-0.2, 0) is 17.4 Å². The second-order valence-corrected chi connectivity index (χ2v) is 2.97. The molecule has 0 aliphatic heterocycles. The summed E-state index contributed by atoms with van der Waals surface area (Å²) in [6, 6.07) is 5.04. The van der Waals surface area contributed by atoms with Crippen molar-refractivity contribution in [1.82, 2.24) is 0 Å².